The predicted octanol–water partition coefficient (Wildman–Crippen LogP) is 1.45. The zero-order valence-electron chi connectivity index (χ0n) is 9.07. The summed E-state index contributed by atoms with van der Waals surface area (Å²) in [5.41, 5.74) is 13.0. The van der Waals surface area contributed by atoms with Gasteiger partial charge in [-0.15, -0.1) is 0 Å². The lowest BCUT2D eigenvalue weighted by Crippen LogP contribution is -2.44. The van der Waals surface area contributed by atoms with Crippen LogP contribution < -0.4 is 11.5 Å². The van der Waals surface area contributed by atoms with Crippen molar-refractivity contribution >= 4 is 0 Å². The molecule has 0 aromatic carbocycles. The van der Waals surface area contributed by atoms with Gasteiger partial charge in [0.05, 0.1) is 11.7 Å². The molecule has 1 aromatic rings. The highest BCUT2D eigenvalue weighted by Crippen LogP contribution is 2.25. The van der Waals surface area contributed by atoms with E-state index in [-0.39, 0.29) is 17.5 Å². The van der Waals surface area contributed by atoms with Crippen LogP contribution in [0.25, 0.3) is 0 Å². The van der Waals surface area contributed by atoms with Crippen LogP contribution in [-0.2, 0) is 0 Å². The Hall–Kier alpha value is -0.930. The Labute approximate surface area is 85.5 Å². The fourth-order valence-electron chi connectivity index (χ4n) is 1.30. The molecule has 4 N–H and O–H groups in total. The summed E-state index contributed by atoms with van der Waals surface area (Å²) in [7, 11) is 0. The van der Waals surface area contributed by atoms with Crippen LogP contribution in [0.5, 0.6) is 0 Å². The number of pyridine rings is 1. The molecule has 2 atom stereocenters. The van der Waals surface area contributed by atoms with E-state index in [1.54, 1.807) is 6.20 Å². The Morgan fingerprint density at radius 3 is 2.29 bits per heavy atom. The SMILES string of the molecule is CC(C)(C)C(N)C(N)c1ccccn1. The standard InChI is InChI=1S/C11H19N3/c1-11(2,3)10(13)9(12)8-6-4-5-7-14-8/h4-7,9-10H,12-13H2,1-3H3. The Morgan fingerprint density at radius 2 is 1.86 bits per heavy atom. The van der Waals surface area contributed by atoms with E-state index in [0.717, 1.165) is 5.69 Å². The van der Waals surface area contributed by atoms with Gasteiger partial charge in [-0.2, -0.15) is 0 Å². The van der Waals surface area contributed by atoms with Crippen molar-refractivity contribution in [2.24, 2.45) is 16.9 Å². The molecular formula is C11H19N3. The average molecular weight is 193 g/mol. The minimum atomic E-state index is -0.198. The molecule has 0 aliphatic heterocycles. The van der Waals surface area contributed by atoms with Crippen molar-refractivity contribution in [3.05, 3.63) is 30.1 Å². The summed E-state index contributed by atoms with van der Waals surface area (Å²) in [4.78, 5) is 4.21. The molecule has 78 valence electrons. The molecule has 0 saturated heterocycles. The second kappa shape index (κ2) is 4.07. The van der Waals surface area contributed by atoms with E-state index in [1.807, 2.05) is 18.2 Å². The first-order valence-corrected chi connectivity index (χ1v) is 4.85. The van der Waals surface area contributed by atoms with Crippen LogP contribution in [0, 0.1) is 5.41 Å². The topological polar surface area (TPSA) is 64.9 Å². The summed E-state index contributed by atoms with van der Waals surface area (Å²) >= 11 is 0. The van der Waals surface area contributed by atoms with Gasteiger partial charge >= 0.3 is 0 Å². The molecule has 14 heavy (non-hydrogen) atoms. The van der Waals surface area contributed by atoms with Crippen LogP contribution in [0.1, 0.15) is 32.5 Å². The number of hydrogen-bond donors (Lipinski definition) is 2. The predicted molar refractivity (Wildman–Crippen MR) is 58.6 cm³/mol. The zero-order chi connectivity index (χ0) is 10.8. The fourth-order valence-corrected chi connectivity index (χ4v) is 1.30. The van der Waals surface area contributed by atoms with E-state index in [9.17, 15) is 0 Å². The lowest BCUT2D eigenvalue weighted by atomic mass is 9.82. The summed E-state index contributed by atoms with van der Waals surface area (Å²) in [5, 5.41) is 0. The van der Waals surface area contributed by atoms with Crippen molar-refractivity contribution in [2.75, 3.05) is 0 Å². The van der Waals surface area contributed by atoms with Crippen LogP contribution >= 0.6 is 0 Å². The van der Waals surface area contributed by atoms with Crippen LogP contribution in [0.3, 0.4) is 0 Å². The summed E-state index contributed by atoms with van der Waals surface area (Å²) in [6.45, 7) is 6.25. The monoisotopic (exact) mass is 193 g/mol. The van der Waals surface area contributed by atoms with Crippen molar-refractivity contribution in [3.8, 4) is 0 Å². The Morgan fingerprint density at radius 1 is 1.21 bits per heavy atom. The normalized spacial score (nSPS) is 16.4. The Kier molecular flexibility index (Phi) is 3.24. The summed E-state index contributed by atoms with van der Waals surface area (Å²) in [6.07, 6.45) is 1.74. The maximum Gasteiger partial charge on any atom is 0.0628 e. The minimum absolute atomic E-state index is 0.00304. The van der Waals surface area contributed by atoms with Crippen molar-refractivity contribution in [3.63, 3.8) is 0 Å². The molecule has 0 fully saturated rings. The van der Waals surface area contributed by atoms with Crippen molar-refractivity contribution < 1.29 is 0 Å². The summed E-state index contributed by atoms with van der Waals surface area (Å²) in [6, 6.07) is 5.43. The molecule has 0 radical (unpaired) electrons. The molecule has 1 heterocycles. The van der Waals surface area contributed by atoms with Gasteiger partial charge in [-0.1, -0.05) is 26.8 Å². The van der Waals surface area contributed by atoms with Gasteiger partial charge in [0.15, 0.2) is 0 Å². The first kappa shape index (κ1) is 11.1. The largest absolute Gasteiger partial charge is 0.326 e. The highest BCUT2D eigenvalue weighted by Gasteiger charge is 2.27. The number of rotatable bonds is 2. The van der Waals surface area contributed by atoms with E-state index >= 15 is 0 Å². The third-order valence-electron chi connectivity index (χ3n) is 2.42. The minimum Gasteiger partial charge on any atom is -0.326 e. The van der Waals surface area contributed by atoms with Gasteiger partial charge in [0.25, 0.3) is 0 Å². The van der Waals surface area contributed by atoms with E-state index in [4.69, 9.17) is 11.5 Å². The third kappa shape index (κ3) is 2.53. The van der Waals surface area contributed by atoms with Crippen LogP contribution in [-0.4, -0.2) is 11.0 Å². The molecule has 3 nitrogen and oxygen atoms in total. The highest BCUT2D eigenvalue weighted by molar-refractivity contribution is 5.11. The van der Waals surface area contributed by atoms with Crippen molar-refractivity contribution in [1.29, 1.82) is 0 Å². The van der Waals surface area contributed by atoms with Gasteiger partial charge in [-0.25, -0.2) is 0 Å². The summed E-state index contributed by atoms with van der Waals surface area (Å²) < 4.78 is 0. The molecule has 1 rings (SSSR count). The number of aromatic nitrogens is 1. The maximum absolute atomic E-state index is 6.06. The summed E-state index contributed by atoms with van der Waals surface area (Å²) in [5.74, 6) is 0. The van der Waals surface area contributed by atoms with Crippen LogP contribution in [0.2, 0.25) is 0 Å². The molecule has 2 unspecified atom stereocenters. The molecule has 0 aliphatic rings. The van der Waals surface area contributed by atoms with Gasteiger partial charge < -0.3 is 11.5 Å². The van der Waals surface area contributed by atoms with Gasteiger partial charge in [0.1, 0.15) is 0 Å². The number of nitrogens with zero attached hydrogens (tertiary/aromatic N) is 1. The molecule has 3 heteroatoms. The smallest absolute Gasteiger partial charge is 0.0628 e. The lowest BCUT2D eigenvalue weighted by Gasteiger charge is -2.31. The molecule has 0 bridgehead atoms. The van der Waals surface area contributed by atoms with E-state index < -0.39 is 0 Å². The number of nitrogens with two attached hydrogens (primary N) is 2. The van der Waals surface area contributed by atoms with Gasteiger partial charge in [0.2, 0.25) is 0 Å². The molecule has 0 amide bonds. The van der Waals surface area contributed by atoms with Crippen molar-refractivity contribution in [2.45, 2.75) is 32.9 Å². The van der Waals surface area contributed by atoms with Crippen LogP contribution in [0.4, 0.5) is 0 Å². The van der Waals surface area contributed by atoms with Gasteiger partial charge in [-0.3, -0.25) is 4.98 Å². The lowest BCUT2D eigenvalue weighted by molar-refractivity contribution is 0.280. The van der Waals surface area contributed by atoms with E-state index in [2.05, 4.69) is 25.8 Å². The van der Waals surface area contributed by atoms with Gasteiger partial charge in [0, 0.05) is 12.2 Å². The highest BCUT2D eigenvalue weighted by atomic mass is 14.9. The molecule has 0 aliphatic carbocycles. The van der Waals surface area contributed by atoms with Crippen molar-refractivity contribution in [1.82, 2.24) is 4.98 Å². The second-order valence-corrected chi connectivity index (χ2v) is 4.67. The average Bonchev–Trinajstić information content (AvgIpc) is 2.15. The first-order chi connectivity index (χ1) is 6.43. The second-order valence-electron chi connectivity index (χ2n) is 4.67. The number of hydrogen-bond acceptors (Lipinski definition) is 3. The van der Waals surface area contributed by atoms with E-state index in [0.29, 0.717) is 0 Å². The van der Waals surface area contributed by atoms with Gasteiger partial charge in [-0.05, 0) is 17.5 Å². The quantitative estimate of drug-likeness (QED) is 0.747. The maximum atomic E-state index is 6.06. The Bertz CT molecular complexity index is 276. The fraction of sp³-hybridized carbons (Fsp3) is 0.545. The molecule has 1 aromatic heterocycles. The Balaban J connectivity index is 2.81. The molecule has 0 saturated carbocycles. The third-order valence-corrected chi connectivity index (χ3v) is 2.42. The van der Waals surface area contributed by atoms with E-state index in [1.165, 1.54) is 0 Å². The first-order valence-electron chi connectivity index (χ1n) is 4.85. The molecule has 0 spiro atoms. The van der Waals surface area contributed by atoms with Crippen LogP contribution in [0.15, 0.2) is 24.4 Å². The zero-order valence-corrected chi connectivity index (χ0v) is 9.07. The molecular weight excluding hydrogens is 174 g/mol.